The molecule has 0 saturated carbocycles. The number of nitrogens with zero attached hydrogens (tertiary/aromatic N) is 2. The van der Waals surface area contributed by atoms with Gasteiger partial charge in [0.05, 0.1) is 0 Å². The topological polar surface area (TPSA) is 35.6 Å². The normalized spacial score (nSPS) is 25.3. The Kier molecular flexibility index (Phi) is 3.66. The third-order valence-corrected chi connectivity index (χ3v) is 4.60. The Hall–Kier alpha value is -1.55. The van der Waals surface area contributed by atoms with Crippen molar-refractivity contribution in [2.75, 3.05) is 32.5 Å². The molecule has 0 aliphatic carbocycles. The van der Waals surface area contributed by atoms with Crippen molar-refractivity contribution < 1.29 is 4.79 Å². The molecule has 0 aromatic heterocycles. The van der Waals surface area contributed by atoms with Gasteiger partial charge >= 0.3 is 0 Å². The summed E-state index contributed by atoms with van der Waals surface area (Å²) in [6.45, 7) is 1.99. The first-order valence-corrected chi connectivity index (χ1v) is 7.45. The van der Waals surface area contributed by atoms with Gasteiger partial charge in [0.2, 0.25) is 5.91 Å². The lowest BCUT2D eigenvalue weighted by molar-refractivity contribution is -0.131. The van der Waals surface area contributed by atoms with Gasteiger partial charge in [0.25, 0.3) is 0 Å². The van der Waals surface area contributed by atoms with E-state index in [0.717, 1.165) is 25.2 Å². The smallest absolute Gasteiger partial charge is 0.245 e. The molecule has 1 N–H and O–H groups in total. The van der Waals surface area contributed by atoms with Crippen molar-refractivity contribution in [1.29, 1.82) is 0 Å². The van der Waals surface area contributed by atoms with E-state index in [4.69, 9.17) is 0 Å². The summed E-state index contributed by atoms with van der Waals surface area (Å²) in [6, 6.07) is 8.62. The molecule has 20 heavy (non-hydrogen) atoms. The van der Waals surface area contributed by atoms with Crippen LogP contribution in [0.25, 0.3) is 0 Å². The molecule has 2 atom stereocenters. The van der Waals surface area contributed by atoms with Gasteiger partial charge in [-0.2, -0.15) is 0 Å². The van der Waals surface area contributed by atoms with Gasteiger partial charge < -0.3 is 15.1 Å². The van der Waals surface area contributed by atoms with Crippen LogP contribution in [0.4, 0.5) is 5.69 Å². The molecule has 108 valence electrons. The van der Waals surface area contributed by atoms with Crippen molar-refractivity contribution in [3.8, 4) is 0 Å². The second kappa shape index (κ2) is 5.44. The molecule has 1 fully saturated rings. The molecule has 2 unspecified atom stereocenters. The fourth-order valence-corrected chi connectivity index (χ4v) is 3.33. The molecule has 0 bridgehead atoms. The van der Waals surface area contributed by atoms with Crippen LogP contribution in [0.1, 0.15) is 18.4 Å². The zero-order chi connectivity index (χ0) is 14.1. The molecule has 1 aromatic rings. The van der Waals surface area contributed by atoms with Crippen molar-refractivity contribution in [1.82, 2.24) is 9.80 Å². The lowest BCUT2D eigenvalue weighted by Gasteiger charge is -2.27. The number of anilines is 1. The van der Waals surface area contributed by atoms with Gasteiger partial charge in [0, 0.05) is 31.7 Å². The second-order valence-corrected chi connectivity index (χ2v) is 6.05. The first kappa shape index (κ1) is 13.4. The highest BCUT2D eigenvalue weighted by atomic mass is 16.2. The number of benzene rings is 1. The van der Waals surface area contributed by atoms with Crippen molar-refractivity contribution in [3.05, 3.63) is 29.8 Å². The quantitative estimate of drug-likeness (QED) is 0.908. The zero-order valence-electron chi connectivity index (χ0n) is 12.3. The van der Waals surface area contributed by atoms with Crippen molar-refractivity contribution >= 4 is 11.6 Å². The number of likely N-dealkylation sites (tertiary alicyclic amines) is 1. The fourth-order valence-electron chi connectivity index (χ4n) is 3.33. The second-order valence-electron chi connectivity index (χ2n) is 6.05. The maximum atomic E-state index is 12.6. The highest BCUT2D eigenvalue weighted by Gasteiger charge is 2.30. The Labute approximate surface area is 120 Å². The molecule has 2 aliphatic heterocycles. The van der Waals surface area contributed by atoms with Crippen LogP contribution in [-0.2, 0) is 11.2 Å². The SMILES string of the molecule is CN(CC1CCCN1C)C(=O)C1Cc2ccccc2N1. The third kappa shape index (κ3) is 2.52. The van der Waals surface area contributed by atoms with E-state index in [2.05, 4.69) is 23.3 Å². The summed E-state index contributed by atoms with van der Waals surface area (Å²) < 4.78 is 0. The van der Waals surface area contributed by atoms with Gasteiger partial charge in [-0.25, -0.2) is 0 Å². The number of hydrogen-bond acceptors (Lipinski definition) is 3. The maximum Gasteiger partial charge on any atom is 0.245 e. The van der Waals surface area contributed by atoms with E-state index >= 15 is 0 Å². The fraction of sp³-hybridized carbons (Fsp3) is 0.562. The third-order valence-electron chi connectivity index (χ3n) is 4.60. The monoisotopic (exact) mass is 273 g/mol. The molecule has 0 spiro atoms. The summed E-state index contributed by atoms with van der Waals surface area (Å²) >= 11 is 0. The number of fused-ring (bicyclic) bond motifs is 1. The van der Waals surface area contributed by atoms with Crippen molar-refractivity contribution in [2.45, 2.75) is 31.3 Å². The first-order chi connectivity index (χ1) is 9.65. The summed E-state index contributed by atoms with van der Waals surface area (Å²) in [4.78, 5) is 16.8. The molecule has 3 rings (SSSR count). The molecule has 2 heterocycles. The van der Waals surface area contributed by atoms with Crippen molar-refractivity contribution in [2.24, 2.45) is 0 Å². The number of carbonyl (C=O) groups is 1. The van der Waals surface area contributed by atoms with E-state index in [1.54, 1.807) is 0 Å². The van der Waals surface area contributed by atoms with E-state index in [0.29, 0.717) is 6.04 Å². The minimum atomic E-state index is -0.0934. The molecule has 4 nitrogen and oxygen atoms in total. The van der Waals surface area contributed by atoms with Crippen LogP contribution in [0.3, 0.4) is 0 Å². The number of amides is 1. The molecule has 1 aromatic carbocycles. The number of likely N-dealkylation sites (N-methyl/N-ethyl adjacent to an activating group) is 2. The molecule has 1 saturated heterocycles. The summed E-state index contributed by atoms with van der Waals surface area (Å²) in [5, 5.41) is 3.35. The van der Waals surface area contributed by atoms with E-state index in [-0.39, 0.29) is 11.9 Å². The largest absolute Gasteiger partial charge is 0.373 e. The summed E-state index contributed by atoms with van der Waals surface area (Å²) in [5.74, 6) is 0.210. The van der Waals surface area contributed by atoms with Crippen LogP contribution in [0.5, 0.6) is 0 Å². The summed E-state index contributed by atoms with van der Waals surface area (Å²) in [6.07, 6.45) is 3.25. The van der Waals surface area contributed by atoms with Gasteiger partial charge in [-0.05, 0) is 38.1 Å². The van der Waals surface area contributed by atoms with E-state index < -0.39 is 0 Å². The van der Waals surface area contributed by atoms with Gasteiger partial charge in [0.1, 0.15) is 6.04 Å². The van der Waals surface area contributed by atoms with Crippen LogP contribution in [0, 0.1) is 0 Å². The van der Waals surface area contributed by atoms with Crippen molar-refractivity contribution in [3.63, 3.8) is 0 Å². The minimum Gasteiger partial charge on any atom is -0.373 e. The molecule has 0 radical (unpaired) electrons. The number of para-hydroxylation sites is 1. The highest BCUT2D eigenvalue weighted by Crippen LogP contribution is 2.26. The van der Waals surface area contributed by atoms with Gasteiger partial charge in [-0.15, -0.1) is 0 Å². The number of hydrogen-bond donors (Lipinski definition) is 1. The van der Waals surface area contributed by atoms with Crippen LogP contribution >= 0.6 is 0 Å². The Morgan fingerprint density at radius 2 is 2.25 bits per heavy atom. The Morgan fingerprint density at radius 3 is 2.95 bits per heavy atom. The van der Waals surface area contributed by atoms with Crippen LogP contribution in [0.15, 0.2) is 24.3 Å². The first-order valence-electron chi connectivity index (χ1n) is 7.45. The molecular formula is C16H23N3O. The summed E-state index contributed by atoms with van der Waals surface area (Å²) in [7, 11) is 4.08. The summed E-state index contributed by atoms with van der Waals surface area (Å²) in [5.41, 5.74) is 2.36. The number of rotatable bonds is 3. The highest BCUT2D eigenvalue weighted by molar-refractivity contribution is 5.87. The lowest BCUT2D eigenvalue weighted by atomic mass is 10.1. The maximum absolute atomic E-state index is 12.6. The van der Waals surface area contributed by atoms with Crippen LogP contribution < -0.4 is 5.32 Å². The van der Waals surface area contributed by atoms with Gasteiger partial charge in [-0.1, -0.05) is 18.2 Å². The van der Waals surface area contributed by atoms with Crippen LogP contribution in [-0.4, -0.2) is 55.0 Å². The Bertz CT molecular complexity index is 477. The average Bonchev–Trinajstić information content (AvgIpc) is 3.04. The molecular weight excluding hydrogens is 250 g/mol. The Morgan fingerprint density at radius 1 is 1.45 bits per heavy atom. The van der Waals surface area contributed by atoms with Gasteiger partial charge in [0.15, 0.2) is 0 Å². The zero-order valence-corrected chi connectivity index (χ0v) is 12.3. The molecule has 2 aliphatic rings. The number of carbonyl (C=O) groups excluding carboxylic acids is 1. The van der Waals surface area contributed by atoms with Gasteiger partial charge in [-0.3, -0.25) is 4.79 Å². The van der Waals surface area contributed by atoms with E-state index in [1.807, 2.05) is 30.1 Å². The average molecular weight is 273 g/mol. The predicted molar refractivity (Wildman–Crippen MR) is 80.8 cm³/mol. The van der Waals surface area contributed by atoms with Crippen LogP contribution in [0.2, 0.25) is 0 Å². The van der Waals surface area contributed by atoms with E-state index in [1.165, 1.54) is 18.4 Å². The lowest BCUT2D eigenvalue weighted by Crippen LogP contribution is -2.45. The van der Waals surface area contributed by atoms with E-state index in [9.17, 15) is 4.79 Å². The minimum absolute atomic E-state index is 0.0934. The molecule has 4 heteroatoms. The standard InChI is InChI=1S/C16H23N3O/c1-18-9-5-7-13(18)11-19(2)16(20)15-10-12-6-3-4-8-14(12)17-15/h3-4,6,8,13,15,17H,5,7,9-11H2,1-2H3. The number of nitrogens with one attached hydrogen (secondary N) is 1. The predicted octanol–water partition coefficient (Wildman–Crippen LogP) is 1.58. The Balaban J connectivity index is 1.60. The molecule has 1 amide bonds.